The molecule has 0 saturated heterocycles. The van der Waals surface area contributed by atoms with Gasteiger partial charge in [-0.15, -0.1) is 0 Å². The molecule has 34 heavy (non-hydrogen) atoms. The highest BCUT2D eigenvalue weighted by atomic mass is 28.4. The second-order valence-corrected chi connectivity index (χ2v) is 21.8. The van der Waals surface area contributed by atoms with Crippen molar-refractivity contribution in [1.82, 2.24) is 0 Å². The number of esters is 1. The fourth-order valence-electron chi connectivity index (χ4n) is 3.34. The highest BCUT2D eigenvalue weighted by Crippen LogP contribution is 2.44. The smallest absolute Gasteiger partial charge is 0.330 e. The van der Waals surface area contributed by atoms with Gasteiger partial charge in [-0.25, -0.2) is 4.79 Å². The van der Waals surface area contributed by atoms with Gasteiger partial charge >= 0.3 is 5.97 Å². The summed E-state index contributed by atoms with van der Waals surface area (Å²) in [5.41, 5.74) is 2.20. The van der Waals surface area contributed by atoms with Gasteiger partial charge in [0.15, 0.2) is 16.6 Å². The van der Waals surface area contributed by atoms with E-state index in [0.717, 1.165) is 12.0 Å². The van der Waals surface area contributed by atoms with Crippen LogP contribution in [-0.4, -0.2) is 62.4 Å². The molecule has 2 atom stereocenters. The Balaban J connectivity index is 3.44. The Bertz CT molecular complexity index is 687. The topological polar surface area (TPSA) is 63.2 Å². The first kappa shape index (κ1) is 31.3. The Labute approximate surface area is 210 Å². The van der Waals surface area contributed by atoms with Crippen molar-refractivity contribution in [3.63, 3.8) is 0 Å². The number of carbonyl (C=O) groups is 1. The normalized spacial score (nSPS) is 20.4. The zero-order chi connectivity index (χ0) is 26.4. The summed E-state index contributed by atoms with van der Waals surface area (Å²) in [6.07, 6.45) is 5.69. The summed E-state index contributed by atoms with van der Waals surface area (Å²) < 4.78 is 29.4. The van der Waals surface area contributed by atoms with E-state index in [1.165, 1.54) is 12.7 Å². The molecule has 0 amide bonds. The van der Waals surface area contributed by atoms with Crippen molar-refractivity contribution < 1.29 is 27.9 Å². The monoisotopic (exact) mass is 514 g/mol. The average Bonchev–Trinajstić information content (AvgIpc) is 2.67. The minimum Gasteiger partial charge on any atom is -0.466 e. The van der Waals surface area contributed by atoms with Crippen LogP contribution in [0.5, 0.6) is 0 Å². The zero-order valence-corrected chi connectivity index (χ0v) is 25.8. The van der Waals surface area contributed by atoms with Crippen molar-refractivity contribution in [1.29, 1.82) is 0 Å². The van der Waals surface area contributed by atoms with Crippen LogP contribution in [0.1, 0.15) is 60.8 Å². The van der Waals surface area contributed by atoms with Crippen LogP contribution in [-0.2, 0) is 27.9 Å². The lowest BCUT2D eigenvalue weighted by atomic mass is 9.85. The number of hydrogen-bond donors (Lipinski definition) is 0. The van der Waals surface area contributed by atoms with Crippen LogP contribution in [0.3, 0.4) is 0 Å². The van der Waals surface area contributed by atoms with Crippen LogP contribution in [0, 0.1) is 0 Å². The van der Waals surface area contributed by atoms with Crippen LogP contribution in [0.15, 0.2) is 23.3 Å². The fourth-order valence-corrected chi connectivity index (χ4v) is 5.91. The van der Waals surface area contributed by atoms with Crippen molar-refractivity contribution in [3.05, 3.63) is 23.3 Å². The molecule has 6 nitrogen and oxygen atoms in total. The Hall–Kier alpha value is -0.776. The zero-order valence-electron chi connectivity index (χ0n) is 23.8. The molecule has 0 unspecified atom stereocenters. The second-order valence-electron chi connectivity index (χ2n) is 12.3. The average molecular weight is 515 g/mol. The van der Waals surface area contributed by atoms with E-state index >= 15 is 0 Å². The molecule has 8 heteroatoms. The number of carbonyl (C=O) groups excluding carboxylic acids is 1. The standard InChI is InChI=1S/C26H50O6Si2/c1-25(2,3)33(9,10)31-22-16-20(18-24(27)29-8)17-23(32-34(11,12)26(4,5)6)21(22)14-13-15-30-19-28-7/h14,18,22-23H,13,15-17,19H2,1-12H3/t22-,23-/m1/s1. The number of methoxy groups -OCH3 is 2. The Morgan fingerprint density at radius 3 is 1.76 bits per heavy atom. The van der Waals surface area contributed by atoms with E-state index in [-0.39, 0.29) is 35.0 Å². The third-order valence-electron chi connectivity index (χ3n) is 7.49. The van der Waals surface area contributed by atoms with Gasteiger partial charge in [0, 0.05) is 13.2 Å². The second kappa shape index (κ2) is 12.5. The third kappa shape index (κ3) is 9.02. The molecule has 0 heterocycles. The van der Waals surface area contributed by atoms with E-state index in [1.54, 1.807) is 13.2 Å². The van der Waals surface area contributed by atoms with Crippen molar-refractivity contribution in [2.24, 2.45) is 0 Å². The predicted molar refractivity (Wildman–Crippen MR) is 144 cm³/mol. The Morgan fingerprint density at radius 2 is 1.38 bits per heavy atom. The van der Waals surface area contributed by atoms with Crippen LogP contribution >= 0.6 is 0 Å². The number of hydrogen-bond acceptors (Lipinski definition) is 6. The lowest BCUT2D eigenvalue weighted by Gasteiger charge is -2.46. The number of ether oxygens (including phenoxy) is 3. The molecule has 1 aliphatic rings. The highest BCUT2D eigenvalue weighted by Gasteiger charge is 2.45. The SMILES string of the molecule is COCOCCC=C1[C@H](O[Si](C)(C)C(C)(C)C)CC(=CC(=O)OC)C[C@H]1O[Si](C)(C)C(C)(C)C. The molecule has 1 aliphatic carbocycles. The molecule has 1 fully saturated rings. The Kier molecular flexibility index (Phi) is 11.4. The molecule has 0 aliphatic heterocycles. The molecule has 0 N–H and O–H groups in total. The van der Waals surface area contributed by atoms with Crippen molar-refractivity contribution >= 4 is 22.6 Å². The molecule has 198 valence electrons. The van der Waals surface area contributed by atoms with Crippen LogP contribution < -0.4 is 0 Å². The van der Waals surface area contributed by atoms with Gasteiger partial charge in [0.2, 0.25) is 0 Å². The Morgan fingerprint density at radius 1 is 0.912 bits per heavy atom. The van der Waals surface area contributed by atoms with Crippen LogP contribution in [0.2, 0.25) is 36.3 Å². The molecule has 1 saturated carbocycles. The molecule has 1 rings (SSSR count). The quantitative estimate of drug-likeness (QED) is 0.0817. The van der Waals surface area contributed by atoms with Gasteiger partial charge in [0.1, 0.15) is 6.79 Å². The largest absolute Gasteiger partial charge is 0.466 e. The van der Waals surface area contributed by atoms with Gasteiger partial charge in [-0.2, -0.15) is 0 Å². The van der Waals surface area contributed by atoms with Crippen LogP contribution in [0.4, 0.5) is 0 Å². The molecule has 0 radical (unpaired) electrons. The molecule has 0 aromatic rings. The fraction of sp³-hybridized carbons (Fsp3) is 0.808. The molecule has 0 aromatic heterocycles. The van der Waals surface area contributed by atoms with Gasteiger partial charge in [-0.3, -0.25) is 0 Å². The molecule has 0 spiro atoms. The summed E-state index contributed by atoms with van der Waals surface area (Å²) in [6, 6.07) is 0. The van der Waals surface area contributed by atoms with Gasteiger partial charge in [-0.05, 0) is 61.1 Å². The summed E-state index contributed by atoms with van der Waals surface area (Å²) in [4.78, 5) is 12.1. The highest BCUT2D eigenvalue weighted by molar-refractivity contribution is 6.74. The van der Waals surface area contributed by atoms with Crippen molar-refractivity contribution in [2.75, 3.05) is 27.6 Å². The van der Waals surface area contributed by atoms with Crippen molar-refractivity contribution in [3.8, 4) is 0 Å². The maximum Gasteiger partial charge on any atom is 0.330 e. The van der Waals surface area contributed by atoms with Gasteiger partial charge in [0.25, 0.3) is 0 Å². The molecule has 0 bridgehead atoms. The maximum atomic E-state index is 12.1. The summed E-state index contributed by atoms with van der Waals surface area (Å²) in [6.45, 7) is 23.4. The number of rotatable bonds is 10. The lowest BCUT2D eigenvalue weighted by Crippen LogP contribution is -2.50. The van der Waals surface area contributed by atoms with E-state index in [9.17, 15) is 4.79 Å². The van der Waals surface area contributed by atoms with E-state index in [4.69, 9.17) is 23.1 Å². The first-order valence-electron chi connectivity index (χ1n) is 12.3. The van der Waals surface area contributed by atoms with E-state index in [0.29, 0.717) is 19.4 Å². The molecular formula is C26H50O6Si2. The summed E-state index contributed by atoms with van der Waals surface area (Å²) in [5, 5.41) is 0.137. The molecule has 0 aromatic carbocycles. The maximum absolute atomic E-state index is 12.1. The summed E-state index contributed by atoms with van der Waals surface area (Å²) in [7, 11) is -1.11. The first-order valence-corrected chi connectivity index (χ1v) is 18.2. The van der Waals surface area contributed by atoms with Crippen LogP contribution in [0.25, 0.3) is 0 Å². The lowest BCUT2D eigenvalue weighted by molar-refractivity contribution is -0.134. The van der Waals surface area contributed by atoms with Gasteiger partial charge in [-0.1, -0.05) is 53.2 Å². The molecular weight excluding hydrogens is 464 g/mol. The van der Waals surface area contributed by atoms with E-state index < -0.39 is 16.6 Å². The predicted octanol–water partition coefficient (Wildman–Crippen LogP) is 6.60. The summed E-state index contributed by atoms with van der Waals surface area (Å²) >= 11 is 0. The minimum absolute atomic E-state index is 0.0686. The van der Waals surface area contributed by atoms with Gasteiger partial charge < -0.3 is 23.1 Å². The van der Waals surface area contributed by atoms with Crippen molar-refractivity contribution in [2.45, 2.75) is 109 Å². The van der Waals surface area contributed by atoms with Gasteiger partial charge in [0.05, 0.1) is 25.9 Å². The minimum atomic E-state index is -2.08. The van der Waals surface area contributed by atoms with E-state index in [1.807, 2.05) is 0 Å². The first-order chi connectivity index (χ1) is 15.4. The summed E-state index contributed by atoms with van der Waals surface area (Å²) in [5.74, 6) is -0.326. The van der Waals surface area contributed by atoms with E-state index in [2.05, 4.69) is 73.8 Å². The third-order valence-corrected chi connectivity index (χ3v) is 16.5.